The highest BCUT2D eigenvalue weighted by Gasteiger charge is 2.17. The number of carbonyl (C=O) groups excluding carboxylic acids is 1. The monoisotopic (exact) mass is 313 g/mol. The average molecular weight is 313 g/mol. The van der Waals surface area contributed by atoms with E-state index in [1.54, 1.807) is 0 Å². The first-order valence-electron chi connectivity index (χ1n) is 5.53. The maximum Gasteiger partial charge on any atom is 0.258 e. The van der Waals surface area contributed by atoms with Gasteiger partial charge in [-0.15, -0.1) is 0 Å². The van der Waals surface area contributed by atoms with Gasteiger partial charge in [0, 0.05) is 11.9 Å². The van der Waals surface area contributed by atoms with E-state index in [1.807, 2.05) is 0 Å². The predicted octanol–water partition coefficient (Wildman–Crippen LogP) is 1.26. The van der Waals surface area contributed by atoms with Gasteiger partial charge in [0.1, 0.15) is 0 Å². The third kappa shape index (κ3) is 3.38. The van der Waals surface area contributed by atoms with Crippen LogP contribution in [0, 0.1) is 11.8 Å². The minimum atomic E-state index is -3.94. The molecule has 1 heterocycles. The second-order valence-corrected chi connectivity index (χ2v) is 5.55. The van der Waals surface area contributed by atoms with Crippen LogP contribution in [-0.4, -0.2) is 19.3 Å². The summed E-state index contributed by atoms with van der Waals surface area (Å²) >= 11 is 0. The lowest BCUT2D eigenvalue weighted by molar-refractivity contribution is 0.102. The second-order valence-electron chi connectivity index (χ2n) is 3.99. The number of halogens is 2. The molecule has 0 aliphatic heterocycles. The predicted molar refractivity (Wildman–Crippen MR) is 69.9 cm³/mol. The van der Waals surface area contributed by atoms with Crippen LogP contribution in [-0.2, 0) is 10.0 Å². The number of anilines is 1. The van der Waals surface area contributed by atoms with Gasteiger partial charge in [-0.05, 0) is 24.3 Å². The van der Waals surface area contributed by atoms with Crippen molar-refractivity contribution in [2.24, 2.45) is 5.14 Å². The third-order valence-electron chi connectivity index (χ3n) is 2.51. The standard InChI is InChI=1S/C12H9F2N3O3S/c13-10-9(4-5-16-11(10)14)12(18)17-7-2-1-3-8(6-7)21(15,19)20/h1-6H,(H,17,18)(H2,15,19,20). The van der Waals surface area contributed by atoms with Gasteiger partial charge in [-0.1, -0.05) is 6.07 Å². The van der Waals surface area contributed by atoms with Gasteiger partial charge < -0.3 is 5.32 Å². The quantitative estimate of drug-likeness (QED) is 0.833. The lowest BCUT2D eigenvalue weighted by atomic mass is 10.2. The molecule has 0 bridgehead atoms. The molecular formula is C12H9F2N3O3S. The Bertz CT molecular complexity index is 809. The number of sulfonamides is 1. The van der Waals surface area contributed by atoms with Crippen LogP contribution >= 0.6 is 0 Å². The number of primary sulfonamides is 1. The van der Waals surface area contributed by atoms with Crippen molar-refractivity contribution in [3.05, 3.63) is 53.9 Å². The van der Waals surface area contributed by atoms with Crippen LogP contribution in [0.25, 0.3) is 0 Å². The third-order valence-corrected chi connectivity index (χ3v) is 3.42. The minimum absolute atomic E-state index is 0.0724. The molecule has 0 aliphatic carbocycles. The molecule has 6 nitrogen and oxygen atoms in total. The van der Waals surface area contributed by atoms with E-state index in [2.05, 4.69) is 10.3 Å². The van der Waals surface area contributed by atoms with Gasteiger partial charge in [0.05, 0.1) is 10.5 Å². The number of amides is 1. The molecule has 1 amide bonds. The molecule has 2 aromatic rings. The first-order valence-corrected chi connectivity index (χ1v) is 7.08. The van der Waals surface area contributed by atoms with Crippen molar-refractivity contribution in [1.29, 1.82) is 0 Å². The number of nitrogens with zero attached hydrogens (tertiary/aromatic N) is 1. The van der Waals surface area contributed by atoms with Gasteiger partial charge in [-0.2, -0.15) is 4.39 Å². The molecule has 0 spiro atoms. The minimum Gasteiger partial charge on any atom is -0.322 e. The first-order chi connectivity index (χ1) is 9.79. The highest BCUT2D eigenvalue weighted by atomic mass is 32.2. The summed E-state index contributed by atoms with van der Waals surface area (Å²) in [4.78, 5) is 14.7. The fourth-order valence-corrected chi connectivity index (χ4v) is 2.10. The number of benzene rings is 1. The number of carbonyl (C=O) groups is 1. The van der Waals surface area contributed by atoms with Gasteiger partial charge in [0.15, 0.2) is 5.82 Å². The number of aromatic nitrogens is 1. The summed E-state index contributed by atoms with van der Waals surface area (Å²) in [6.07, 6.45) is 0.939. The van der Waals surface area contributed by atoms with Crippen molar-refractivity contribution >= 4 is 21.6 Å². The number of nitrogens with one attached hydrogen (secondary N) is 1. The molecular weight excluding hydrogens is 304 g/mol. The summed E-state index contributed by atoms with van der Waals surface area (Å²) in [5.41, 5.74) is -0.480. The van der Waals surface area contributed by atoms with Crippen LogP contribution < -0.4 is 10.5 Å². The molecule has 21 heavy (non-hydrogen) atoms. The Morgan fingerprint density at radius 1 is 1.24 bits per heavy atom. The maximum absolute atomic E-state index is 13.4. The van der Waals surface area contributed by atoms with E-state index in [-0.39, 0.29) is 10.6 Å². The van der Waals surface area contributed by atoms with E-state index >= 15 is 0 Å². The normalized spacial score (nSPS) is 11.2. The van der Waals surface area contributed by atoms with Gasteiger partial charge in [-0.3, -0.25) is 4.79 Å². The van der Waals surface area contributed by atoms with Crippen molar-refractivity contribution in [3.8, 4) is 0 Å². The van der Waals surface area contributed by atoms with Gasteiger partial charge in [0.2, 0.25) is 16.0 Å². The van der Waals surface area contributed by atoms with Gasteiger partial charge in [0.25, 0.3) is 5.91 Å². The second kappa shape index (κ2) is 5.54. The molecule has 1 aromatic heterocycles. The fraction of sp³-hybridized carbons (Fsp3) is 0. The average Bonchev–Trinajstić information content (AvgIpc) is 2.41. The highest BCUT2D eigenvalue weighted by molar-refractivity contribution is 7.89. The van der Waals surface area contributed by atoms with Crippen molar-refractivity contribution in [2.45, 2.75) is 4.90 Å². The van der Waals surface area contributed by atoms with Crippen molar-refractivity contribution in [1.82, 2.24) is 4.98 Å². The van der Waals surface area contributed by atoms with Crippen LogP contribution in [0.4, 0.5) is 14.5 Å². The molecule has 2 rings (SSSR count). The van der Waals surface area contributed by atoms with E-state index in [0.29, 0.717) is 0 Å². The summed E-state index contributed by atoms with van der Waals surface area (Å²) in [7, 11) is -3.94. The fourth-order valence-electron chi connectivity index (χ4n) is 1.54. The van der Waals surface area contributed by atoms with Crippen molar-refractivity contribution < 1.29 is 22.0 Å². The maximum atomic E-state index is 13.4. The Labute approximate surface area is 118 Å². The zero-order valence-corrected chi connectivity index (χ0v) is 11.2. The molecule has 0 aliphatic rings. The van der Waals surface area contributed by atoms with Crippen LogP contribution in [0.3, 0.4) is 0 Å². The van der Waals surface area contributed by atoms with E-state index in [4.69, 9.17) is 5.14 Å². The zero-order valence-electron chi connectivity index (χ0n) is 10.4. The Balaban J connectivity index is 2.30. The molecule has 0 saturated carbocycles. The number of rotatable bonds is 3. The Kier molecular flexibility index (Phi) is 3.96. The molecule has 1 aromatic carbocycles. The van der Waals surface area contributed by atoms with Crippen molar-refractivity contribution in [3.63, 3.8) is 0 Å². The summed E-state index contributed by atoms with van der Waals surface area (Å²) in [5, 5.41) is 7.20. The van der Waals surface area contributed by atoms with Gasteiger partial charge in [-0.25, -0.2) is 22.9 Å². The molecule has 0 unspecified atom stereocenters. The number of hydrogen-bond acceptors (Lipinski definition) is 4. The lowest BCUT2D eigenvalue weighted by Gasteiger charge is -2.07. The van der Waals surface area contributed by atoms with Crippen LogP contribution in [0.15, 0.2) is 41.4 Å². The van der Waals surface area contributed by atoms with E-state index in [0.717, 1.165) is 18.3 Å². The summed E-state index contributed by atoms with van der Waals surface area (Å²) in [6, 6.07) is 6.05. The van der Waals surface area contributed by atoms with Crippen LogP contribution in [0.2, 0.25) is 0 Å². The first kappa shape index (κ1) is 15.0. The van der Waals surface area contributed by atoms with Crippen molar-refractivity contribution in [2.75, 3.05) is 5.32 Å². The molecule has 0 saturated heterocycles. The number of pyridine rings is 1. The number of hydrogen-bond donors (Lipinski definition) is 2. The Morgan fingerprint density at radius 3 is 2.62 bits per heavy atom. The molecule has 0 fully saturated rings. The molecule has 0 atom stereocenters. The van der Waals surface area contributed by atoms with Crippen LogP contribution in [0.1, 0.15) is 10.4 Å². The number of nitrogens with two attached hydrogens (primary N) is 1. The smallest absolute Gasteiger partial charge is 0.258 e. The molecule has 9 heteroatoms. The zero-order chi connectivity index (χ0) is 15.6. The molecule has 110 valence electrons. The largest absolute Gasteiger partial charge is 0.322 e. The van der Waals surface area contributed by atoms with E-state index < -0.39 is 33.3 Å². The lowest BCUT2D eigenvalue weighted by Crippen LogP contribution is -2.16. The van der Waals surface area contributed by atoms with Gasteiger partial charge >= 0.3 is 0 Å². The summed E-state index contributed by atoms with van der Waals surface area (Å²) < 4.78 is 48.7. The molecule has 3 N–H and O–H groups in total. The molecule has 0 radical (unpaired) electrons. The SMILES string of the molecule is NS(=O)(=O)c1cccc(NC(=O)c2ccnc(F)c2F)c1. The topological polar surface area (TPSA) is 102 Å². The van der Waals surface area contributed by atoms with Crippen LogP contribution in [0.5, 0.6) is 0 Å². The highest BCUT2D eigenvalue weighted by Crippen LogP contribution is 2.16. The van der Waals surface area contributed by atoms with E-state index in [1.165, 1.54) is 18.2 Å². The Morgan fingerprint density at radius 2 is 1.95 bits per heavy atom. The summed E-state index contributed by atoms with van der Waals surface area (Å²) in [6.45, 7) is 0. The van der Waals surface area contributed by atoms with E-state index in [9.17, 15) is 22.0 Å². The summed E-state index contributed by atoms with van der Waals surface area (Å²) in [5.74, 6) is -3.74. The Hall–Kier alpha value is -2.39.